The van der Waals surface area contributed by atoms with E-state index >= 15 is 0 Å². The van der Waals surface area contributed by atoms with Crippen molar-refractivity contribution in [2.24, 2.45) is 0 Å². The number of benzene rings is 2. The van der Waals surface area contributed by atoms with Gasteiger partial charge in [0.15, 0.2) is 0 Å². The maximum atomic E-state index is 13.4. The van der Waals surface area contributed by atoms with E-state index in [1.807, 2.05) is 19.2 Å². The molecule has 0 saturated heterocycles. The number of amides is 1. The summed E-state index contributed by atoms with van der Waals surface area (Å²) in [6, 6.07) is 18.6. The number of carbonyl (C=O) groups is 1. The summed E-state index contributed by atoms with van der Waals surface area (Å²) in [5.74, 6) is 0.186. The second-order valence-corrected chi connectivity index (χ2v) is 9.45. The molecule has 1 amide bonds. The van der Waals surface area contributed by atoms with Gasteiger partial charge in [-0.3, -0.25) is 14.1 Å². The summed E-state index contributed by atoms with van der Waals surface area (Å²) in [6.45, 7) is 2.21. The Kier molecular flexibility index (Phi) is 8.13. The van der Waals surface area contributed by atoms with Gasteiger partial charge in [-0.1, -0.05) is 6.07 Å². The average Bonchev–Trinajstić information content (AvgIpc) is 2.82. The molecule has 7 nitrogen and oxygen atoms in total. The molecular weight excluding hydrogens is 446 g/mol. The van der Waals surface area contributed by atoms with Gasteiger partial charge in [-0.2, -0.15) is 0 Å². The standard InChI is InChI=1S/C23H25N3O4S2/c1-3-30-20-9-7-19(8-10-20)26(17-23(27)25-16-18-6-4-5-15-24-18)32(28,29)22-13-11-21(31-2)12-14-22/h4-15H,3,16-17H2,1-2H3,(H,25,27). The van der Waals surface area contributed by atoms with E-state index in [1.165, 1.54) is 11.8 Å². The third-order valence-corrected chi connectivity index (χ3v) is 7.09. The lowest BCUT2D eigenvalue weighted by Gasteiger charge is -2.24. The Morgan fingerprint density at radius 1 is 1.06 bits per heavy atom. The van der Waals surface area contributed by atoms with E-state index in [2.05, 4.69) is 10.3 Å². The van der Waals surface area contributed by atoms with Crippen molar-refractivity contribution in [3.8, 4) is 5.75 Å². The molecule has 1 heterocycles. The zero-order chi connectivity index (χ0) is 23.0. The van der Waals surface area contributed by atoms with Crippen molar-refractivity contribution in [1.29, 1.82) is 0 Å². The van der Waals surface area contributed by atoms with Crippen LogP contribution < -0.4 is 14.4 Å². The van der Waals surface area contributed by atoms with Crippen molar-refractivity contribution < 1.29 is 17.9 Å². The van der Waals surface area contributed by atoms with Crippen LogP contribution in [0.4, 0.5) is 5.69 Å². The molecule has 0 aliphatic rings. The van der Waals surface area contributed by atoms with Crippen molar-refractivity contribution in [3.63, 3.8) is 0 Å². The summed E-state index contributed by atoms with van der Waals surface area (Å²) in [5.41, 5.74) is 1.05. The molecule has 168 valence electrons. The maximum Gasteiger partial charge on any atom is 0.264 e. The number of sulfonamides is 1. The van der Waals surface area contributed by atoms with Crippen molar-refractivity contribution >= 4 is 33.4 Å². The minimum atomic E-state index is -3.98. The minimum absolute atomic E-state index is 0.113. The van der Waals surface area contributed by atoms with Crippen LogP contribution in [0.25, 0.3) is 0 Å². The number of hydrogen-bond acceptors (Lipinski definition) is 6. The highest BCUT2D eigenvalue weighted by Gasteiger charge is 2.27. The van der Waals surface area contributed by atoms with E-state index < -0.39 is 15.9 Å². The van der Waals surface area contributed by atoms with E-state index in [0.29, 0.717) is 23.7 Å². The van der Waals surface area contributed by atoms with Crippen LogP contribution in [0.15, 0.2) is 82.7 Å². The molecule has 9 heteroatoms. The van der Waals surface area contributed by atoms with Crippen LogP contribution in [0, 0.1) is 0 Å². The van der Waals surface area contributed by atoms with Gasteiger partial charge in [-0.05, 0) is 73.8 Å². The molecule has 3 rings (SSSR count). The molecule has 0 unspecified atom stereocenters. The van der Waals surface area contributed by atoms with Gasteiger partial charge < -0.3 is 10.1 Å². The van der Waals surface area contributed by atoms with E-state index in [1.54, 1.807) is 66.9 Å². The first kappa shape index (κ1) is 23.6. The zero-order valence-electron chi connectivity index (χ0n) is 17.9. The van der Waals surface area contributed by atoms with Crippen molar-refractivity contribution in [3.05, 3.63) is 78.6 Å². The topological polar surface area (TPSA) is 88.6 Å². The van der Waals surface area contributed by atoms with Gasteiger partial charge in [0.1, 0.15) is 12.3 Å². The molecule has 2 aromatic carbocycles. The third kappa shape index (κ3) is 6.02. The number of pyridine rings is 1. The van der Waals surface area contributed by atoms with Gasteiger partial charge in [0, 0.05) is 11.1 Å². The molecule has 0 saturated carbocycles. The number of anilines is 1. The summed E-state index contributed by atoms with van der Waals surface area (Å²) in [5, 5.41) is 2.74. The van der Waals surface area contributed by atoms with Crippen LogP contribution in [-0.2, 0) is 21.4 Å². The molecular formula is C23H25N3O4S2. The van der Waals surface area contributed by atoms with Crippen LogP contribution in [0.2, 0.25) is 0 Å². The second kappa shape index (κ2) is 11.0. The van der Waals surface area contributed by atoms with Crippen molar-refractivity contribution in [2.45, 2.75) is 23.3 Å². The van der Waals surface area contributed by atoms with Crippen LogP contribution in [-0.4, -0.2) is 38.7 Å². The number of ether oxygens (including phenoxy) is 1. The van der Waals surface area contributed by atoms with Crippen LogP contribution in [0.3, 0.4) is 0 Å². The van der Waals surface area contributed by atoms with Gasteiger partial charge in [-0.15, -0.1) is 11.8 Å². The van der Waals surface area contributed by atoms with E-state index in [-0.39, 0.29) is 18.0 Å². The molecule has 3 aromatic rings. The summed E-state index contributed by atoms with van der Waals surface area (Å²) < 4.78 is 33.4. The first-order chi connectivity index (χ1) is 15.4. The van der Waals surface area contributed by atoms with Crippen molar-refractivity contribution in [2.75, 3.05) is 23.7 Å². The Morgan fingerprint density at radius 2 is 1.78 bits per heavy atom. The largest absolute Gasteiger partial charge is 0.494 e. The molecule has 0 aliphatic heterocycles. The predicted molar refractivity (Wildman–Crippen MR) is 126 cm³/mol. The predicted octanol–water partition coefficient (Wildman–Crippen LogP) is 3.71. The molecule has 0 atom stereocenters. The lowest BCUT2D eigenvalue weighted by molar-refractivity contribution is -0.119. The quantitative estimate of drug-likeness (QED) is 0.454. The first-order valence-electron chi connectivity index (χ1n) is 10.0. The van der Waals surface area contributed by atoms with Crippen molar-refractivity contribution in [1.82, 2.24) is 10.3 Å². The highest BCUT2D eigenvalue weighted by atomic mass is 32.2. The van der Waals surface area contributed by atoms with Crippen LogP contribution in [0.5, 0.6) is 5.75 Å². The first-order valence-corrected chi connectivity index (χ1v) is 12.7. The maximum absolute atomic E-state index is 13.4. The summed E-state index contributed by atoms with van der Waals surface area (Å²) >= 11 is 1.52. The van der Waals surface area contributed by atoms with Gasteiger partial charge >= 0.3 is 0 Å². The number of nitrogens with one attached hydrogen (secondary N) is 1. The van der Waals surface area contributed by atoms with Gasteiger partial charge in [0.25, 0.3) is 10.0 Å². The summed E-state index contributed by atoms with van der Waals surface area (Å²) in [6.07, 6.45) is 3.55. The molecule has 0 aliphatic carbocycles. The number of hydrogen-bond donors (Lipinski definition) is 1. The Labute approximate surface area is 192 Å². The van der Waals surface area contributed by atoms with Gasteiger partial charge in [0.2, 0.25) is 5.91 Å². The smallest absolute Gasteiger partial charge is 0.264 e. The highest BCUT2D eigenvalue weighted by molar-refractivity contribution is 7.98. The number of aromatic nitrogens is 1. The number of carbonyl (C=O) groups excluding carboxylic acids is 1. The highest BCUT2D eigenvalue weighted by Crippen LogP contribution is 2.27. The Hall–Kier alpha value is -3.04. The number of thioether (sulfide) groups is 1. The average molecular weight is 472 g/mol. The second-order valence-electron chi connectivity index (χ2n) is 6.71. The molecule has 0 radical (unpaired) electrons. The Balaban J connectivity index is 1.86. The summed E-state index contributed by atoms with van der Waals surface area (Å²) in [7, 11) is -3.98. The number of nitrogens with zero attached hydrogens (tertiary/aromatic N) is 2. The monoisotopic (exact) mass is 471 g/mol. The van der Waals surface area contributed by atoms with E-state index in [4.69, 9.17) is 4.74 Å². The fraction of sp³-hybridized carbons (Fsp3) is 0.217. The lowest BCUT2D eigenvalue weighted by Crippen LogP contribution is -2.40. The molecule has 1 aromatic heterocycles. The van der Waals surface area contributed by atoms with Gasteiger partial charge in [0.05, 0.1) is 29.4 Å². The minimum Gasteiger partial charge on any atom is -0.494 e. The SMILES string of the molecule is CCOc1ccc(N(CC(=O)NCc2ccccn2)S(=O)(=O)c2ccc(SC)cc2)cc1. The Bertz CT molecular complexity index is 1120. The Morgan fingerprint density at radius 3 is 2.38 bits per heavy atom. The van der Waals surface area contributed by atoms with E-state index in [9.17, 15) is 13.2 Å². The fourth-order valence-corrected chi connectivity index (χ4v) is 4.77. The molecule has 0 spiro atoms. The van der Waals surface area contributed by atoms with Crippen LogP contribution >= 0.6 is 11.8 Å². The fourth-order valence-electron chi connectivity index (χ4n) is 2.94. The molecule has 0 bridgehead atoms. The van der Waals surface area contributed by atoms with Gasteiger partial charge in [-0.25, -0.2) is 8.42 Å². The molecule has 1 N–H and O–H groups in total. The van der Waals surface area contributed by atoms with Crippen LogP contribution in [0.1, 0.15) is 12.6 Å². The normalized spacial score (nSPS) is 11.1. The lowest BCUT2D eigenvalue weighted by atomic mass is 10.3. The summed E-state index contributed by atoms with van der Waals surface area (Å²) in [4.78, 5) is 17.9. The number of rotatable bonds is 10. The molecule has 0 fully saturated rings. The third-order valence-electron chi connectivity index (χ3n) is 4.56. The van der Waals surface area contributed by atoms with E-state index in [0.717, 1.165) is 9.20 Å². The molecule has 32 heavy (non-hydrogen) atoms. The zero-order valence-corrected chi connectivity index (χ0v) is 19.5.